The Morgan fingerprint density at radius 2 is 1.95 bits per heavy atom. The van der Waals surface area contributed by atoms with Crippen molar-refractivity contribution in [1.29, 1.82) is 0 Å². The Balaban J connectivity index is 3.63. The summed E-state index contributed by atoms with van der Waals surface area (Å²) in [5.74, 6) is -0.581. The predicted molar refractivity (Wildman–Crippen MR) is 79.4 cm³/mol. The Morgan fingerprint density at radius 3 is 2.60 bits per heavy atom. The van der Waals surface area contributed by atoms with Crippen LogP contribution in [0.5, 0.6) is 0 Å². The zero-order valence-electron chi connectivity index (χ0n) is 12.8. The molecule has 0 aliphatic heterocycles. The van der Waals surface area contributed by atoms with Crippen LogP contribution in [0.15, 0.2) is 12.2 Å². The van der Waals surface area contributed by atoms with E-state index in [1.807, 2.05) is 6.08 Å². The molecule has 0 aromatic carbocycles. The van der Waals surface area contributed by atoms with E-state index in [0.717, 1.165) is 19.3 Å². The maximum atomic E-state index is 11.4. The minimum Gasteiger partial charge on any atom is -0.466 e. The van der Waals surface area contributed by atoms with E-state index >= 15 is 0 Å². The van der Waals surface area contributed by atoms with Crippen molar-refractivity contribution in [3.8, 4) is 0 Å². The number of hydrogen-bond acceptors (Lipinski definition) is 4. The number of aliphatic hydroxyl groups excluding tert-OH is 1. The number of hydrogen-bond donors (Lipinski definition) is 1. The highest BCUT2D eigenvalue weighted by atomic mass is 16.5. The molecule has 0 aliphatic rings. The van der Waals surface area contributed by atoms with E-state index in [0.29, 0.717) is 19.4 Å². The largest absolute Gasteiger partial charge is 0.466 e. The number of ketones is 1. The minimum atomic E-state index is -0.461. The van der Waals surface area contributed by atoms with Gasteiger partial charge in [0.05, 0.1) is 12.7 Å². The molecule has 0 spiro atoms. The molecule has 4 nitrogen and oxygen atoms in total. The number of ether oxygens (including phenoxy) is 1. The number of carbonyl (C=O) groups is 2. The third-order valence-electron chi connectivity index (χ3n) is 2.95. The van der Waals surface area contributed by atoms with E-state index in [1.54, 1.807) is 13.0 Å². The van der Waals surface area contributed by atoms with Crippen molar-refractivity contribution in [2.75, 3.05) is 6.61 Å². The summed E-state index contributed by atoms with van der Waals surface area (Å²) in [5, 5.41) is 9.68. The molecule has 0 radical (unpaired) electrons. The van der Waals surface area contributed by atoms with Gasteiger partial charge in [0.15, 0.2) is 0 Å². The van der Waals surface area contributed by atoms with Crippen molar-refractivity contribution >= 4 is 11.8 Å². The molecule has 1 N–H and O–H groups in total. The van der Waals surface area contributed by atoms with Crippen molar-refractivity contribution in [2.45, 2.75) is 71.3 Å². The lowest BCUT2D eigenvalue weighted by Gasteiger charge is -2.04. The number of esters is 1. The topological polar surface area (TPSA) is 63.6 Å². The molecule has 0 aromatic rings. The van der Waals surface area contributed by atoms with Crippen LogP contribution < -0.4 is 0 Å². The predicted octanol–water partition coefficient (Wildman–Crippen LogP) is 3.18. The van der Waals surface area contributed by atoms with Gasteiger partial charge in [-0.1, -0.05) is 44.8 Å². The van der Waals surface area contributed by atoms with Crippen LogP contribution in [0.3, 0.4) is 0 Å². The van der Waals surface area contributed by atoms with Crippen LogP contribution in [0, 0.1) is 0 Å². The summed E-state index contributed by atoms with van der Waals surface area (Å²) in [5.41, 5.74) is 0. The fourth-order valence-corrected chi connectivity index (χ4v) is 1.84. The molecular formula is C16H28O4. The summed E-state index contributed by atoms with van der Waals surface area (Å²) >= 11 is 0. The van der Waals surface area contributed by atoms with Gasteiger partial charge in [-0.05, 0) is 19.8 Å². The van der Waals surface area contributed by atoms with Gasteiger partial charge in [-0.3, -0.25) is 9.59 Å². The maximum Gasteiger partial charge on any atom is 0.313 e. The molecule has 116 valence electrons. The highest BCUT2D eigenvalue weighted by molar-refractivity contribution is 5.95. The van der Waals surface area contributed by atoms with Gasteiger partial charge in [0.25, 0.3) is 0 Å². The standard InChI is InChI=1S/C16H28O4/c1-3-5-6-7-10-14(17)11-8-9-12-15(18)13-16(19)20-4-2/h8,11,14,17H,3-7,9-10,12-13H2,1-2H3. The zero-order valence-corrected chi connectivity index (χ0v) is 12.8. The van der Waals surface area contributed by atoms with Crippen molar-refractivity contribution < 1.29 is 19.4 Å². The van der Waals surface area contributed by atoms with Crippen LogP contribution >= 0.6 is 0 Å². The minimum absolute atomic E-state index is 0.120. The lowest BCUT2D eigenvalue weighted by Crippen LogP contribution is -2.10. The fourth-order valence-electron chi connectivity index (χ4n) is 1.84. The first-order chi connectivity index (χ1) is 9.60. The molecule has 0 rings (SSSR count). The van der Waals surface area contributed by atoms with Gasteiger partial charge >= 0.3 is 5.97 Å². The fraction of sp³-hybridized carbons (Fsp3) is 0.750. The van der Waals surface area contributed by atoms with Gasteiger partial charge < -0.3 is 9.84 Å². The van der Waals surface area contributed by atoms with Gasteiger partial charge in [0, 0.05) is 6.42 Å². The van der Waals surface area contributed by atoms with Gasteiger partial charge in [-0.15, -0.1) is 0 Å². The second-order valence-corrected chi connectivity index (χ2v) is 4.90. The van der Waals surface area contributed by atoms with Gasteiger partial charge in [0.2, 0.25) is 0 Å². The molecule has 1 unspecified atom stereocenters. The Kier molecular flexibility index (Phi) is 12.1. The molecule has 0 bridgehead atoms. The lowest BCUT2D eigenvalue weighted by molar-refractivity contribution is -0.145. The van der Waals surface area contributed by atoms with Crippen LogP contribution in [-0.4, -0.2) is 29.6 Å². The number of carbonyl (C=O) groups excluding carboxylic acids is 2. The highest BCUT2D eigenvalue weighted by Gasteiger charge is 2.09. The Hall–Kier alpha value is -1.16. The number of rotatable bonds is 12. The third-order valence-corrected chi connectivity index (χ3v) is 2.95. The number of allylic oxidation sites excluding steroid dienone is 1. The molecule has 0 saturated heterocycles. The van der Waals surface area contributed by atoms with Gasteiger partial charge in [-0.2, -0.15) is 0 Å². The van der Waals surface area contributed by atoms with E-state index in [1.165, 1.54) is 12.8 Å². The van der Waals surface area contributed by atoms with E-state index in [9.17, 15) is 14.7 Å². The number of unbranched alkanes of at least 4 members (excludes halogenated alkanes) is 3. The maximum absolute atomic E-state index is 11.4. The van der Waals surface area contributed by atoms with Crippen LogP contribution in [-0.2, 0) is 14.3 Å². The second-order valence-electron chi connectivity index (χ2n) is 4.90. The number of Topliss-reactive ketones (excluding diaryl/α,β-unsaturated/α-hetero) is 1. The normalized spacial score (nSPS) is 12.6. The van der Waals surface area contributed by atoms with Gasteiger partial charge in [0.1, 0.15) is 12.2 Å². The summed E-state index contributed by atoms with van der Waals surface area (Å²) in [6.07, 6.45) is 9.20. The molecule has 0 saturated carbocycles. The van der Waals surface area contributed by atoms with Crippen molar-refractivity contribution in [2.24, 2.45) is 0 Å². The molecule has 4 heteroatoms. The van der Waals surface area contributed by atoms with Crippen molar-refractivity contribution in [1.82, 2.24) is 0 Å². The first kappa shape index (κ1) is 18.8. The highest BCUT2D eigenvalue weighted by Crippen LogP contribution is 2.07. The molecule has 0 heterocycles. The van der Waals surface area contributed by atoms with Crippen LogP contribution in [0.4, 0.5) is 0 Å². The van der Waals surface area contributed by atoms with Gasteiger partial charge in [-0.25, -0.2) is 0 Å². The Labute approximate surface area is 122 Å². The van der Waals surface area contributed by atoms with Crippen LogP contribution in [0.2, 0.25) is 0 Å². The summed E-state index contributed by atoms with van der Waals surface area (Å²) in [7, 11) is 0. The summed E-state index contributed by atoms with van der Waals surface area (Å²) in [6, 6.07) is 0. The summed E-state index contributed by atoms with van der Waals surface area (Å²) in [4.78, 5) is 22.5. The van der Waals surface area contributed by atoms with Crippen LogP contribution in [0.25, 0.3) is 0 Å². The SMILES string of the molecule is CCCCCCC(O)C=CCCC(=O)CC(=O)OCC. The first-order valence-corrected chi connectivity index (χ1v) is 7.62. The average Bonchev–Trinajstić information content (AvgIpc) is 2.40. The molecular weight excluding hydrogens is 256 g/mol. The monoisotopic (exact) mass is 284 g/mol. The lowest BCUT2D eigenvalue weighted by atomic mass is 10.1. The quantitative estimate of drug-likeness (QED) is 0.259. The summed E-state index contributed by atoms with van der Waals surface area (Å²) in [6.45, 7) is 4.17. The van der Waals surface area contributed by atoms with E-state index in [-0.39, 0.29) is 12.2 Å². The summed E-state index contributed by atoms with van der Waals surface area (Å²) < 4.78 is 4.70. The van der Waals surface area contributed by atoms with E-state index in [4.69, 9.17) is 4.74 Å². The van der Waals surface area contributed by atoms with Crippen LogP contribution in [0.1, 0.15) is 65.2 Å². The first-order valence-electron chi connectivity index (χ1n) is 7.62. The molecule has 1 atom stereocenters. The molecule has 0 aromatic heterocycles. The average molecular weight is 284 g/mol. The zero-order chi connectivity index (χ0) is 15.2. The Morgan fingerprint density at radius 1 is 1.20 bits per heavy atom. The molecule has 0 amide bonds. The van der Waals surface area contributed by atoms with Crippen molar-refractivity contribution in [3.63, 3.8) is 0 Å². The molecule has 0 fully saturated rings. The Bertz CT molecular complexity index is 297. The van der Waals surface area contributed by atoms with Crippen molar-refractivity contribution in [3.05, 3.63) is 12.2 Å². The second kappa shape index (κ2) is 12.9. The molecule has 0 aliphatic carbocycles. The smallest absolute Gasteiger partial charge is 0.313 e. The van der Waals surface area contributed by atoms with E-state index < -0.39 is 12.1 Å². The third kappa shape index (κ3) is 11.9. The molecule has 20 heavy (non-hydrogen) atoms. The van der Waals surface area contributed by atoms with E-state index in [2.05, 4.69) is 6.92 Å². The number of aliphatic hydroxyl groups is 1.